The first-order valence-corrected chi connectivity index (χ1v) is 10.4. The van der Waals surface area contributed by atoms with Crippen molar-refractivity contribution < 1.29 is 19.4 Å². The molecule has 1 aromatic heterocycles. The van der Waals surface area contributed by atoms with Crippen molar-refractivity contribution in [3.8, 4) is 5.75 Å². The van der Waals surface area contributed by atoms with E-state index in [2.05, 4.69) is 4.98 Å². The lowest BCUT2D eigenvalue weighted by Crippen LogP contribution is -2.29. The number of nitrogens with zero attached hydrogens (tertiary/aromatic N) is 2. The van der Waals surface area contributed by atoms with E-state index >= 15 is 0 Å². The molecule has 1 amide bonds. The maximum Gasteiger partial charge on any atom is 0.295 e. The minimum absolute atomic E-state index is 0.0240. The van der Waals surface area contributed by atoms with Gasteiger partial charge < -0.3 is 14.7 Å². The fourth-order valence-electron chi connectivity index (χ4n) is 3.88. The summed E-state index contributed by atoms with van der Waals surface area (Å²) in [5, 5.41) is 11.4. The van der Waals surface area contributed by atoms with Crippen LogP contribution in [0.2, 0.25) is 5.02 Å². The Morgan fingerprint density at radius 1 is 1.12 bits per heavy atom. The van der Waals surface area contributed by atoms with Gasteiger partial charge in [-0.25, -0.2) is 0 Å². The second-order valence-electron chi connectivity index (χ2n) is 7.55. The third-order valence-corrected chi connectivity index (χ3v) is 5.72. The average Bonchev–Trinajstić information content (AvgIpc) is 3.04. The standard InChI is InChI=1S/C25H21ClN2O4/c1-15-4-3-5-17(12-15)22-21(23(29)18-6-7-20(32-2)19(26)13-18)24(30)25(31)28(22)14-16-8-10-27-11-9-16/h3-13,22,29H,14H2,1-2H3/b23-21-. The van der Waals surface area contributed by atoms with E-state index in [1.165, 1.54) is 18.1 Å². The van der Waals surface area contributed by atoms with E-state index in [-0.39, 0.29) is 22.9 Å². The number of hydrogen-bond acceptors (Lipinski definition) is 5. The van der Waals surface area contributed by atoms with Crippen molar-refractivity contribution in [3.05, 3.63) is 99.8 Å². The Kier molecular flexibility index (Phi) is 5.97. The largest absolute Gasteiger partial charge is 0.507 e. The summed E-state index contributed by atoms with van der Waals surface area (Å²) in [5.41, 5.74) is 2.89. The zero-order valence-electron chi connectivity index (χ0n) is 17.6. The number of aromatic nitrogens is 1. The maximum absolute atomic E-state index is 13.1. The molecule has 0 spiro atoms. The van der Waals surface area contributed by atoms with Crippen LogP contribution in [0.1, 0.15) is 28.3 Å². The zero-order valence-corrected chi connectivity index (χ0v) is 18.3. The summed E-state index contributed by atoms with van der Waals surface area (Å²) in [6.45, 7) is 2.13. The number of carbonyl (C=O) groups is 2. The molecule has 32 heavy (non-hydrogen) atoms. The number of aliphatic hydroxyl groups excluding tert-OH is 1. The van der Waals surface area contributed by atoms with Crippen molar-refractivity contribution in [1.29, 1.82) is 0 Å². The molecule has 1 aliphatic rings. The number of halogens is 1. The average molecular weight is 449 g/mol. The summed E-state index contributed by atoms with van der Waals surface area (Å²) in [7, 11) is 1.49. The third-order valence-electron chi connectivity index (χ3n) is 5.43. The number of Topliss-reactive ketones (excluding diaryl/α,β-unsaturated/α-hetero) is 1. The van der Waals surface area contributed by atoms with Gasteiger partial charge in [0.15, 0.2) is 0 Å². The molecule has 1 saturated heterocycles. The predicted octanol–water partition coefficient (Wildman–Crippen LogP) is 4.67. The van der Waals surface area contributed by atoms with Gasteiger partial charge in [0, 0.05) is 24.5 Å². The molecule has 1 aliphatic heterocycles. The summed E-state index contributed by atoms with van der Waals surface area (Å²) >= 11 is 6.23. The van der Waals surface area contributed by atoms with E-state index in [0.29, 0.717) is 11.3 Å². The molecular weight excluding hydrogens is 428 g/mol. The summed E-state index contributed by atoms with van der Waals surface area (Å²) in [4.78, 5) is 31.7. The molecule has 7 heteroatoms. The number of carbonyl (C=O) groups excluding carboxylic acids is 2. The van der Waals surface area contributed by atoms with Crippen LogP contribution in [0.3, 0.4) is 0 Å². The topological polar surface area (TPSA) is 79.7 Å². The second kappa shape index (κ2) is 8.85. The Morgan fingerprint density at radius 3 is 2.53 bits per heavy atom. The number of likely N-dealkylation sites (tertiary alicyclic amines) is 1. The molecule has 1 N–H and O–H groups in total. The van der Waals surface area contributed by atoms with Crippen LogP contribution in [0, 0.1) is 6.92 Å². The number of aliphatic hydroxyl groups is 1. The van der Waals surface area contributed by atoms with Crippen LogP contribution in [0.25, 0.3) is 5.76 Å². The van der Waals surface area contributed by atoms with Crippen molar-refractivity contribution in [3.63, 3.8) is 0 Å². The molecule has 1 atom stereocenters. The number of rotatable bonds is 5. The Hall–Kier alpha value is -3.64. The van der Waals surface area contributed by atoms with E-state index in [0.717, 1.165) is 16.7 Å². The number of amides is 1. The number of ether oxygens (including phenoxy) is 1. The highest BCUT2D eigenvalue weighted by Crippen LogP contribution is 2.41. The fourth-order valence-corrected chi connectivity index (χ4v) is 4.14. The highest BCUT2D eigenvalue weighted by atomic mass is 35.5. The molecule has 3 aromatic rings. The molecule has 2 aromatic carbocycles. The monoisotopic (exact) mass is 448 g/mol. The predicted molar refractivity (Wildman–Crippen MR) is 121 cm³/mol. The second-order valence-corrected chi connectivity index (χ2v) is 7.95. The molecule has 2 heterocycles. The highest BCUT2D eigenvalue weighted by Gasteiger charge is 2.46. The van der Waals surface area contributed by atoms with Gasteiger partial charge >= 0.3 is 0 Å². The first-order valence-electron chi connectivity index (χ1n) is 9.98. The lowest BCUT2D eigenvalue weighted by molar-refractivity contribution is -0.140. The summed E-state index contributed by atoms with van der Waals surface area (Å²) in [6, 6.07) is 15.1. The Bertz CT molecular complexity index is 1220. The molecule has 6 nitrogen and oxygen atoms in total. The normalized spacial score (nSPS) is 17.6. The first kappa shape index (κ1) is 21.6. The summed E-state index contributed by atoms with van der Waals surface area (Å²) < 4.78 is 5.17. The van der Waals surface area contributed by atoms with Crippen LogP contribution in [-0.2, 0) is 16.1 Å². The quantitative estimate of drug-likeness (QED) is 0.348. The number of pyridine rings is 1. The third kappa shape index (κ3) is 3.97. The van der Waals surface area contributed by atoms with E-state index in [9.17, 15) is 14.7 Å². The summed E-state index contributed by atoms with van der Waals surface area (Å²) in [6.07, 6.45) is 3.26. The van der Waals surface area contributed by atoms with Gasteiger partial charge in [-0.15, -0.1) is 0 Å². The maximum atomic E-state index is 13.1. The molecule has 0 bridgehead atoms. The van der Waals surface area contributed by atoms with Crippen molar-refractivity contribution in [2.24, 2.45) is 0 Å². The fraction of sp³-hybridized carbons (Fsp3) is 0.160. The number of ketones is 1. The molecule has 4 rings (SSSR count). The molecule has 1 unspecified atom stereocenters. The number of aryl methyl sites for hydroxylation is 1. The van der Waals surface area contributed by atoms with Crippen LogP contribution >= 0.6 is 11.6 Å². The van der Waals surface area contributed by atoms with E-state index in [4.69, 9.17) is 16.3 Å². The number of hydrogen-bond donors (Lipinski definition) is 1. The van der Waals surface area contributed by atoms with Crippen molar-refractivity contribution >= 4 is 29.1 Å². The molecule has 0 radical (unpaired) electrons. The number of methoxy groups -OCH3 is 1. The van der Waals surface area contributed by atoms with E-state index in [1.807, 2.05) is 31.2 Å². The van der Waals surface area contributed by atoms with Gasteiger partial charge in [-0.1, -0.05) is 41.4 Å². The van der Waals surface area contributed by atoms with Gasteiger partial charge in [0.25, 0.3) is 11.7 Å². The number of benzene rings is 2. The van der Waals surface area contributed by atoms with Crippen molar-refractivity contribution in [2.45, 2.75) is 19.5 Å². The van der Waals surface area contributed by atoms with Gasteiger partial charge in [-0.2, -0.15) is 0 Å². The molecule has 0 saturated carbocycles. The van der Waals surface area contributed by atoms with E-state index in [1.54, 1.807) is 36.7 Å². The Balaban J connectivity index is 1.87. The van der Waals surface area contributed by atoms with Gasteiger partial charge in [-0.3, -0.25) is 14.6 Å². The zero-order chi connectivity index (χ0) is 22.8. The molecule has 162 valence electrons. The van der Waals surface area contributed by atoms with Crippen LogP contribution in [0.5, 0.6) is 5.75 Å². The molecule has 1 fully saturated rings. The first-order chi connectivity index (χ1) is 15.4. The van der Waals surface area contributed by atoms with Gasteiger partial charge in [-0.05, 0) is 48.4 Å². The lowest BCUT2D eigenvalue weighted by Gasteiger charge is -2.25. The summed E-state index contributed by atoms with van der Waals surface area (Å²) in [5.74, 6) is -1.25. The Morgan fingerprint density at radius 2 is 1.88 bits per heavy atom. The van der Waals surface area contributed by atoms with Crippen LogP contribution < -0.4 is 4.74 Å². The van der Waals surface area contributed by atoms with Crippen molar-refractivity contribution in [1.82, 2.24) is 9.88 Å². The smallest absolute Gasteiger partial charge is 0.295 e. The highest BCUT2D eigenvalue weighted by molar-refractivity contribution is 6.46. The van der Waals surface area contributed by atoms with Crippen LogP contribution in [0.15, 0.2) is 72.6 Å². The van der Waals surface area contributed by atoms with Gasteiger partial charge in [0.05, 0.1) is 23.7 Å². The van der Waals surface area contributed by atoms with Gasteiger partial charge in [0.1, 0.15) is 11.5 Å². The lowest BCUT2D eigenvalue weighted by atomic mass is 9.94. The SMILES string of the molecule is COc1ccc(/C(O)=C2/C(=O)C(=O)N(Cc3ccncc3)C2c2cccc(C)c2)cc1Cl. The van der Waals surface area contributed by atoms with Crippen LogP contribution in [0.4, 0.5) is 0 Å². The minimum atomic E-state index is -0.746. The minimum Gasteiger partial charge on any atom is -0.507 e. The molecular formula is C25H21ClN2O4. The van der Waals surface area contributed by atoms with Crippen LogP contribution in [-0.4, -0.2) is 33.8 Å². The van der Waals surface area contributed by atoms with Crippen molar-refractivity contribution in [2.75, 3.05) is 7.11 Å². The van der Waals surface area contributed by atoms with Gasteiger partial charge in [0.2, 0.25) is 0 Å². The van der Waals surface area contributed by atoms with E-state index < -0.39 is 17.7 Å². The molecule has 0 aliphatic carbocycles. The Labute approximate surface area is 190 Å².